The van der Waals surface area contributed by atoms with Gasteiger partial charge in [-0.1, -0.05) is 0 Å². The summed E-state index contributed by atoms with van der Waals surface area (Å²) < 4.78 is 5.64. The van der Waals surface area contributed by atoms with E-state index in [2.05, 4.69) is 11.0 Å². The van der Waals surface area contributed by atoms with E-state index in [1.54, 1.807) is 18.2 Å². The second kappa shape index (κ2) is 6.27. The molecule has 0 aliphatic carbocycles. The second-order valence-corrected chi connectivity index (χ2v) is 4.62. The van der Waals surface area contributed by atoms with Crippen molar-refractivity contribution < 1.29 is 4.74 Å². The van der Waals surface area contributed by atoms with E-state index in [0.717, 1.165) is 13.0 Å². The van der Waals surface area contributed by atoms with E-state index < -0.39 is 0 Å². The Morgan fingerprint density at radius 1 is 1.33 bits per heavy atom. The average molecular weight is 245 g/mol. The summed E-state index contributed by atoms with van der Waals surface area (Å²) >= 11 is 0. The number of nitrogen functional groups attached to an aromatic ring is 1. The number of nitriles is 1. The van der Waals surface area contributed by atoms with Crippen molar-refractivity contribution in [1.29, 1.82) is 5.26 Å². The van der Waals surface area contributed by atoms with E-state index in [4.69, 9.17) is 15.7 Å². The number of benzene rings is 1. The highest BCUT2D eigenvalue weighted by Crippen LogP contribution is 2.20. The fourth-order valence-electron chi connectivity index (χ4n) is 2.24. The SMILES string of the molecule is N#Cc1cc(N)ccc1OCCCN1CCCC1. The van der Waals surface area contributed by atoms with E-state index in [0.29, 0.717) is 23.6 Å². The Kier molecular flexibility index (Phi) is 4.43. The maximum atomic E-state index is 8.98. The van der Waals surface area contributed by atoms with Crippen LogP contribution in [-0.2, 0) is 0 Å². The summed E-state index contributed by atoms with van der Waals surface area (Å²) in [5.41, 5.74) is 6.73. The Morgan fingerprint density at radius 2 is 2.11 bits per heavy atom. The first kappa shape index (κ1) is 12.7. The molecule has 0 radical (unpaired) electrons. The molecule has 0 unspecified atom stereocenters. The molecule has 0 saturated carbocycles. The molecular formula is C14H19N3O. The molecule has 0 bridgehead atoms. The fraction of sp³-hybridized carbons (Fsp3) is 0.500. The fourth-order valence-corrected chi connectivity index (χ4v) is 2.24. The summed E-state index contributed by atoms with van der Waals surface area (Å²) in [6, 6.07) is 7.28. The molecule has 96 valence electrons. The molecule has 1 fully saturated rings. The van der Waals surface area contributed by atoms with Crippen LogP contribution in [0.2, 0.25) is 0 Å². The molecule has 1 aromatic rings. The van der Waals surface area contributed by atoms with Gasteiger partial charge in [-0.15, -0.1) is 0 Å². The highest BCUT2D eigenvalue weighted by molar-refractivity contribution is 5.53. The quantitative estimate of drug-likeness (QED) is 0.636. The van der Waals surface area contributed by atoms with Crippen LogP contribution < -0.4 is 10.5 Å². The van der Waals surface area contributed by atoms with Crippen LogP contribution in [0.15, 0.2) is 18.2 Å². The first-order valence-corrected chi connectivity index (χ1v) is 6.44. The monoisotopic (exact) mass is 245 g/mol. The molecule has 1 heterocycles. The Labute approximate surface area is 108 Å². The number of ether oxygens (including phenoxy) is 1. The van der Waals surface area contributed by atoms with Crippen LogP contribution in [0.3, 0.4) is 0 Å². The third kappa shape index (κ3) is 3.38. The van der Waals surface area contributed by atoms with Crippen molar-refractivity contribution in [1.82, 2.24) is 4.90 Å². The van der Waals surface area contributed by atoms with Gasteiger partial charge in [-0.2, -0.15) is 5.26 Å². The van der Waals surface area contributed by atoms with Crippen molar-refractivity contribution in [2.75, 3.05) is 32.0 Å². The number of hydrogen-bond acceptors (Lipinski definition) is 4. The van der Waals surface area contributed by atoms with Gasteiger partial charge < -0.3 is 15.4 Å². The molecule has 0 amide bonds. The normalized spacial score (nSPS) is 15.5. The molecule has 4 heteroatoms. The predicted molar refractivity (Wildman–Crippen MR) is 71.4 cm³/mol. The van der Waals surface area contributed by atoms with E-state index >= 15 is 0 Å². The van der Waals surface area contributed by atoms with Gasteiger partial charge in [-0.25, -0.2) is 0 Å². The van der Waals surface area contributed by atoms with Gasteiger partial charge in [0.25, 0.3) is 0 Å². The summed E-state index contributed by atoms with van der Waals surface area (Å²) in [6.07, 6.45) is 3.63. The molecule has 0 spiro atoms. The van der Waals surface area contributed by atoms with Gasteiger partial charge in [0.05, 0.1) is 12.2 Å². The van der Waals surface area contributed by atoms with Gasteiger partial charge in [-0.05, 0) is 50.6 Å². The minimum Gasteiger partial charge on any atom is -0.492 e. The Morgan fingerprint density at radius 3 is 2.83 bits per heavy atom. The van der Waals surface area contributed by atoms with Crippen LogP contribution in [0.5, 0.6) is 5.75 Å². The molecule has 18 heavy (non-hydrogen) atoms. The highest BCUT2D eigenvalue weighted by Gasteiger charge is 2.10. The third-order valence-corrected chi connectivity index (χ3v) is 3.20. The summed E-state index contributed by atoms with van der Waals surface area (Å²) in [6.45, 7) is 4.16. The van der Waals surface area contributed by atoms with Crippen LogP contribution in [0.4, 0.5) is 5.69 Å². The maximum Gasteiger partial charge on any atom is 0.137 e. The lowest BCUT2D eigenvalue weighted by atomic mass is 10.2. The van der Waals surface area contributed by atoms with Crippen molar-refractivity contribution in [3.8, 4) is 11.8 Å². The Hall–Kier alpha value is -1.73. The standard InChI is InChI=1S/C14H19N3O/c15-11-12-10-13(16)4-5-14(12)18-9-3-8-17-6-1-2-7-17/h4-5,10H,1-3,6-9,16H2. The van der Waals surface area contributed by atoms with Gasteiger partial charge in [-0.3, -0.25) is 0 Å². The molecule has 1 aromatic carbocycles. The molecule has 1 aliphatic heterocycles. The van der Waals surface area contributed by atoms with Crippen molar-refractivity contribution >= 4 is 5.69 Å². The predicted octanol–water partition coefficient (Wildman–Crippen LogP) is 2.01. The first-order valence-electron chi connectivity index (χ1n) is 6.44. The maximum absolute atomic E-state index is 8.98. The highest BCUT2D eigenvalue weighted by atomic mass is 16.5. The topological polar surface area (TPSA) is 62.3 Å². The number of nitrogens with two attached hydrogens (primary N) is 1. The minimum absolute atomic E-state index is 0.510. The van der Waals surface area contributed by atoms with Gasteiger partial charge in [0, 0.05) is 12.2 Å². The number of nitrogens with zero attached hydrogens (tertiary/aromatic N) is 2. The molecular weight excluding hydrogens is 226 g/mol. The zero-order valence-electron chi connectivity index (χ0n) is 10.6. The van der Waals surface area contributed by atoms with Crippen molar-refractivity contribution in [2.45, 2.75) is 19.3 Å². The molecule has 1 saturated heterocycles. The van der Waals surface area contributed by atoms with E-state index in [1.807, 2.05) is 0 Å². The Balaban J connectivity index is 1.77. The van der Waals surface area contributed by atoms with Gasteiger partial charge in [0.2, 0.25) is 0 Å². The molecule has 4 nitrogen and oxygen atoms in total. The van der Waals surface area contributed by atoms with E-state index in [-0.39, 0.29) is 0 Å². The van der Waals surface area contributed by atoms with Gasteiger partial charge in [0.1, 0.15) is 11.8 Å². The van der Waals surface area contributed by atoms with Crippen molar-refractivity contribution in [3.63, 3.8) is 0 Å². The van der Waals surface area contributed by atoms with E-state index in [9.17, 15) is 0 Å². The van der Waals surface area contributed by atoms with Gasteiger partial charge in [0.15, 0.2) is 0 Å². The summed E-state index contributed by atoms with van der Waals surface area (Å²) in [7, 11) is 0. The van der Waals surface area contributed by atoms with E-state index in [1.165, 1.54) is 25.9 Å². The minimum atomic E-state index is 0.510. The molecule has 2 rings (SSSR count). The largest absolute Gasteiger partial charge is 0.492 e. The van der Waals surface area contributed by atoms with Crippen molar-refractivity contribution in [2.24, 2.45) is 0 Å². The van der Waals surface area contributed by atoms with Crippen LogP contribution >= 0.6 is 0 Å². The average Bonchev–Trinajstić information content (AvgIpc) is 2.89. The lowest BCUT2D eigenvalue weighted by molar-refractivity contribution is 0.263. The van der Waals surface area contributed by atoms with Crippen LogP contribution in [0.25, 0.3) is 0 Å². The molecule has 0 atom stereocenters. The Bertz CT molecular complexity index is 433. The smallest absolute Gasteiger partial charge is 0.137 e. The summed E-state index contributed by atoms with van der Waals surface area (Å²) in [5.74, 6) is 0.633. The lowest BCUT2D eigenvalue weighted by Gasteiger charge is -2.14. The van der Waals surface area contributed by atoms with Gasteiger partial charge >= 0.3 is 0 Å². The summed E-state index contributed by atoms with van der Waals surface area (Å²) in [4.78, 5) is 2.46. The van der Waals surface area contributed by atoms with Crippen LogP contribution in [0, 0.1) is 11.3 Å². The zero-order chi connectivity index (χ0) is 12.8. The number of hydrogen-bond donors (Lipinski definition) is 1. The molecule has 1 aliphatic rings. The number of rotatable bonds is 5. The first-order chi connectivity index (χ1) is 8.79. The lowest BCUT2D eigenvalue weighted by Crippen LogP contribution is -2.21. The number of likely N-dealkylation sites (tertiary alicyclic amines) is 1. The number of anilines is 1. The molecule has 0 aromatic heterocycles. The van der Waals surface area contributed by atoms with Crippen LogP contribution in [-0.4, -0.2) is 31.1 Å². The summed E-state index contributed by atoms with van der Waals surface area (Å²) in [5, 5.41) is 8.98. The second-order valence-electron chi connectivity index (χ2n) is 4.62. The zero-order valence-corrected chi connectivity index (χ0v) is 10.6. The third-order valence-electron chi connectivity index (χ3n) is 3.20. The van der Waals surface area contributed by atoms with Crippen LogP contribution in [0.1, 0.15) is 24.8 Å². The van der Waals surface area contributed by atoms with Crippen molar-refractivity contribution in [3.05, 3.63) is 23.8 Å². The molecule has 2 N–H and O–H groups in total.